The number of rotatable bonds is 12. The third-order valence-electron chi connectivity index (χ3n) is 17.0. The first-order valence-corrected chi connectivity index (χ1v) is 30.9. The van der Waals surface area contributed by atoms with Gasteiger partial charge in [-0.15, -0.1) is 0 Å². The smallest absolute Gasteiger partial charge is 0.246 e. The molecule has 1 saturated carbocycles. The molecule has 0 radical (unpaired) electrons. The normalized spacial score (nSPS) is 29.1. The van der Waals surface area contributed by atoms with Crippen molar-refractivity contribution in [1.29, 1.82) is 0 Å². The van der Waals surface area contributed by atoms with Gasteiger partial charge in [-0.3, -0.25) is 52.7 Å². The molecule has 12 atom stereocenters. The summed E-state index contributed by atoms with van der Waals surface area (Å²) in [6.45, 7) is 28.4. The Kier molecular flexibility index (Phi) is 29.3. The Morgan fingerprint density at radius 2 is 0.845 bits per heavy atom. The lowest BCUT2D eigenvalue weighted by Gasteiger charge is -2.43. The van der Waals surface area contributed by atoms with E-state index in [9.17, 15) is 38.4 Å². The first kappa shape index (κ1) is 74.3. The number of nitrogens with zero attached hydrogens (tertiary/aromatic N) is 7. The minimum atomic E-state index is -1.21. The second-order valence-electron chi connectivity index (χ2n) is 26.7. The molecule has 0 spiro atoms. The van der Waals surface area contributed by atoms with Gasteiger partial charge in [-0.2, -0.15) is 0 Å². The van der Waals surface area contributed by atoms with Crippen LogP contribution in [0.15, 0.2) is 0 Å². The highest BCUT2D eigenvalue weighted by molar-refractivity contribution is 5.99. The molecule has 84 heavy (non-hydrogen) atoms. The van der Waals surface area contributed by atoms with Crippen molar-refractivity contribution >= 4 is 65.0 Å². The van der Waals surface area contributed by atoms with Crippen LogP contribution in [-0.2, 0) is 52.7 Å². The van der Waals surface area contributed by atoms with Gasteiger partial charge in [0.05, 0.1) is 6.54 Å². The second kappa shape index (κ2) is 33.2. The lowest BCUT2D eigenvalue weighted by atomic mass is 9.75. The molecule has 2 aliphatic rings. The maximum atomic E-state index is 15.3. The highest BCUT2D eigenvalue weighted by Crippen LogP contribution is 2.35. The van der Waals surface area contributed by atoms with Crippen LogP contribution in [0.2, 0.25) is 0 Å². The van der Waals surface area contributed by atoms with Crippen LogP contribution < -0.4 is 21.3 Å². The van der Waals surface area contributed by atoms with Gasteiger partial charge in [0.1, 0.15) is 60.4 Å². The first-order chi connectivity index (χ1) is 38.8. The standard InChI is InChI=1S/C62H111N11O11/c1-24-44-58(80)67(17)33-49(74)68(18)45(29-34(2)3)55(77)66-50(38(10)11)61(83)69(19)46(30-35(4)5)54(76)63-41(15)53(75)64-42(16)57(79)70(20)47(31-36(6)7)59(81)71(21)48(32-37(8)9)60(82)72(22)51(39(12)13)62(84)73(23)52(56(78)65-44)43-28-26-25-27-40(43)14/h34-48,50-52H,24-33H2,1-23H3,(H,63,76)(H,64,75)(H,65,78)(H,66,77)/t40?,41-,42-,43?,44?,45-,46-,47+,48+,50-,51+,52?/m1/s1. The molecule has 4 N–H and O–H groups in total. The number of amides is 11. The number of hydrogen-bond acceptors (Lipinski definition) is 11. The van der Waals surface area contributed by atoms with Gasteiger partial charge in [-0.1, -0.05) is 116 Å². The number of hydrogen-bond donors (Lipinski definition) is 4. The van der Waals surface area contributed by atoms with E-state index in [4.69, 9.17) is 0 Å². The summed E-state index contributed by atoms with van der Waals surface area (Å²) in [7, 11) is 10.4. The first-order valence-electron chi connectivity index (χ1n) is 30.9. The molecule has 0 aromatic heterocycles. The van der Waals surface area contributed by atoms with Gasteiger partial charge in [0, 0.05) is 49.3 Å². The highest BCUT2D eigenvalue weighted by atomic mass is 16.2. The summed E-state index contributed by atoms with van der Waals surface area (Å²) in [5, 5.41) is 11.2. The van der Waals surface area contributed by atoms with Gasteiger partial charge < -0.3 is 55.6 Å². The van der Waals surface area contributed by atoms with Crippen LogP contribution in [0.3, 0.4) is 0 Å². The molecular formula is C62H111N11O11. The van der Waals surface area contributed by atoms with E-state index in [0.717, 1.165) is 19.3 Å². The highest BCUT2D eigenvalue weighted by Gasteiger charge is 2.46. The van der Waals surface area contributed by atoms with Crippen LogP contribution in [0.1, 0.15) is 169 Å². The van der Waals surface area contributed by atoms with Crippen LogP contribution in [0.4, 0.5) is 0 Å². The van der Waals surface area contributed by atoms with Crippen molar-refractivity contribution in [2.45, 2.75) is 229 Å². The van der Waals surface area contributed by atoms with Gasteiger partial charge in [0.2, 0.25) is 65.0 Å². The van der Waals surface area contributed by atoms with Gasteiger partial charge in [0.25, 0.3) is 0 Å². The summed E-state index contributed by atoms with van der Waals surface area (Å²) >= 11 is 0. The van der Waals surface area contributed by atoms with Crippen molar-refractivity contribution in [1.82, 2.24) is 55.6 Å². The summed E-state index contributed by atoms with van der Waals surface area (Å²) in [6.07, 6.45) is 4.05. The summed E-state index contributed by atoms with van der Waals surface area (Å²) in [5.41, 5.74) is 0. The fraction of sp³-hybridized carbons (Fsp3) is 0.823. The third-order valence-corrected chi connectivity index (χ3v) is 17.0. The molecule has 0 bridgehead atoms. The van der Waals surface area contributed by atoms with E-state index in [1.54, 1.807) is 41.7 Å². The van der Waals surface area contributed by atoms with Gasteiger partial charge in [-0.25, -0.2) is 0 Å². The largest absolute Gasteiger partial charge is 0.343 e. The molecule has 22 nitrogen and oxygen atoms in total. The van der Waals surface area contributed by atoms with Crippen molar-refractivity contribution in [2.24, 2.45) is 47.3 Å². The Bertz CT molecular complexity index is 2290. The van der Waals surface area contributed by atoms with Gasteiger partial charge >= 0.3 is 0 Å². The predicted molar refractivity (Wildman–Crippen MR) is 325 cm³/mol. The molecule has 1 aliphatic heterocycles. The van der Waals surface area contributed by atoms with E-state index in [1.165, 1.54) is 90.4 Å². The molecule has 4 unspecified atom stereocenters. The number of nitrogens with one attached hydrogen (secondary N) is 4. The molecule has 1 heterocycles. The van der Waals surface area contributed by atoms with Crippen molar-refractivity contribution in [3.63, 3.8) is 0 Å². The summed E-state index contributed by atoms with van der Waals surface area (Å²) < 4.78 is 0. The summed E-state index contributed by atoms with van der Waals surface area (Å²) in [5.74, 6) is -8.25. The Hall–Kier alpha value is -5.83. The lowest BCUT2D eigenvalue weighted by Crippen LogP contribution is -2.63. The minimum Gasteiger partial charge on any atom is -0.343 e. The van der Waals surface area contributed by atoms with Crippen LogP contribution >= 0.6 is 0 Å². The van der Waals surface area contributed by atoms with E-state index in [0.29, 0.717) is 6.42 Å². The van der Waals surface area contributed by atoms with Gasteiger partial charge in [0.15, 0.2) is 0 Å². The monoisotopic (exact) mass is 1190 g/mol. The van der Waals surface area contributed by atoms with E-state index >= 15 is 14.4 Å². The fourth-order valence-electron chi connectivity index (χ4n) is 11.8. The molecule has 11 amide bonds. The molecule has 2 fully saturated rings. The van der Waals surface area contributed by atoms with E-state index in [2.05, 4.69) is 21.3 Å². The Labute approximate surface area is 503 Å². The van der Waals surface area contributed by atoms with E-state index < -0.39 is 144 Å². The maximum Gasteiger partial charge on any atom is 0.246 e. The van der Waals surface area contributed by atoms with Crippen LogP contribution in [0.5, 0.6) is 0 Å². The van der Waals surface area contributed by atoms with E-state index in [1.807, 2.05) is 62.3 Å². The zero-order chi connectivity index (χ0) is 64.7. The molecule has 1 aliphatic carbocycles. The fourth-order valence-corrected chi connectivity index (χ4v) is 11.8. The molecule has 22 heteroatoms. The predicted octanol–water partition coefficient (Wildman–Crippen LogP) is 4.13. The zero-order valence-corrected chi connectivity index (χ0v) is 55.6. The topological polar surface area (TPSA) is 259 Å². The van der Waals surface area contributed by atoms with Crippen molar-refractivity contribution in [2.75, 3.05) is 55.9 Å². The molecule has 1 saturated heterocycles. The average molecular weight is 1190 g/mol. The molecule has 0 aromatic rings. The molecular weight excluding hydrogens is 1070 g/mol. The number of carbonyl (C=O) groups is 11. The van der Waals surface area contributed by atoms with Crippen molar-refractivity contribution < 1.29 is 52.7 Å². The lowest BCUT2D eigenvalue weighted by molar-refractivity contribution is -0.156. The van der Waals surface area contributed by atoms with E-state index in [-0.39, 0.29) is 67.6 Å². The zero-order valence-electron chi connectivity index (χ0n) is 55.6. The SMILES string of the molecule is CCC1NC(=O)C(C2CCCCC2C)N(C)C(=O)[C@H](C(C)C)N(C)C(=O)[C@H](CC(C)C)N(C)C(=O)[C@H](CC(C)C)N(C)C(=O)[C@@H](C)NC(=O)[C@@H](C)NC(=O)[C@@H](CC(C)C)N(C)C(=O)[C@@H](C(C)C)NC(=O)[C@@H](CC(C)C)N(C)C(=O)CN(C)C1=O. The second-order valence-corrected chi connectivity index (χ2v) is 26.7. The Morgan fingerprint density at radius 1 is 0.417 bits per heavy atom. The molecule has 480 valence electrons. The summed E-state index contributed by atoms with van der Waals surface area (Å²) in [4.78, 5) is 170. The molecule has 0 aromatic carbocycles. The van der Waals surface area contributed by atoms with Crippen LogP contribution in [-0.4, -0.2) is 216 Å². The minimum absolute atomic E-state index is 0.00466. The van der Waals surface area contributed by atoms with Gasteiger partial charge in [-0.05, 0) is 99.7 Å². The Balaban J connectivity index is 2.94. The maximum absolute atomic E-state index is 15.3. The quantitative estimate of drug-likeness (QED) is 0.216. The van der Waals surface area contributed by atoms with Crippen LogP contribution in [0, 0.1) is 47.3 Å². The number of likely N-dealkylation sites (N-methyl/N-ethyl adjacent to an activating group) is 7. The summed E-state index contributed by atoms with van der Waals surface area (Å²) in [6, 6.07) is -11.3. The Morgan fingerprint density at radius 3 is 1.31 bits per heavy atom. The van der Waals surface area contributed by atoms with Crippen molar-refractivity contribution in [3.8, 4) is 0 Å². The van der Waals surface area contributed by atoms with Crippen molar-refractivity contribution in [3.05, 3.63) is 0 Å². The average Bonchev–Trinajstić information content (AvgIpc) is 3.32. The van der Waals surface area contributed by atoms with Crippen LogP contribution in [0.25, 0.3) is 0 Å². The molecule has 2 rings (SSSR count). The third kappa shape index (κ3) is 19.9. The number of carbonyl (C=O) groups excluding carboxylic acids is 11.